The number of hydrogen-bond donors (Lipinski definition) is 1. The molecule has 6 nitrogen and oxygen atoms in total. The number of nitrogens with one attached hydrogen (secondary N) is 1. The Balaban J connectivity index is 1.75. The molecule has 0 bridgehead atoms. The summed E-state index contributed by atoms with van der Waals surface area (Å²) in [6.07, 6.45) is 0. The topological polar surface area (TPSA) is 74.8 Å². The first-order valence-electron chi connectivity index (χ1n) is 7.04. The molecule has 1 N–H and O–H groups in total. The number of H-pyrrole nitrogens is 1. The first-order valence-corrected chi connectivity index (χ1v) is 8.24. The molecule has 0 fully saturated rings. The van der Waals surface area contributed by atoms with Crippen molar-refractivity contribution >= 4 is 28.8 Å². The van der Waals surface area contributed by atoms with Gasteiger partial charge < -0.3 is 4.90 Å². The fourth-order valence-corrected chi connectivity index (χ4v) is 3.28. The lowest BCUT2D eigenvalue weighted by Crippen LogP contribution is -2.29. The summed E-state index contributed by atoms with van der Waals surface area (Å²) in [6, 6.07) is 11.0. The van der Waals surface area contributed by atoms with Gasteiger partial charge in [0.25, 0.3) is 5.91 Å². The molecule has 0 radical (unpaired) electrons. The maximum absolute atomic E-state index is 12.6. The maximum Gasteiger partial charge on any atom is 0.254 e. The zero-order chi connectivity index (χ0) is 16.2. The van der Waals surface area contributed by atoms with Crippen LogP contribution in [0.3, 0.4) is 0 Å². The molecule has 8 heteroatoms. The normalized spacial score (nSPS) is 10.7. The summed E-state index contributed by atoms with van der Waals surface area (Å²) in [7, 11) is 0. The average molecular weight is 348 g/mol. The number of aromatic amines is 1. The van der Waals surface area contributed by atoms with Crippen LogP contribution in [0.15, 0.2) is 36.4 Å². The lowest BCUT2D eigenvalue weighted by atomic mass is 10.1. The number of aromatic nitrogens is 4. The van der Waals surface area contributed by atoms with Gasteiger partial charge in [-0.1, -0.05) is 23.7 Å². The number of rotatable bonds is 5. The van der Waals surface area contributed by atoms with Crippen molar-refractivity contribution in [1.82, 2.24) is 25.5 Å². The summed E-state index contributed by atoms with van der Waals surface area (Å²) in [6.45, 7) is 3.14. The van der Waals surface area contributed by atoms with E-state index in [0.717, 1.165) is 14.8 Å². The molecule has 0 atom stereocenters. The van der Waals surface area contributed by atoms with Crippen LogP contribution < -0.4 is 0 Å². The summed E-state index contributed by atoms with van der Waals surface area (Å²) in [5.41, 5.74) is 1.44. The van der Waals surface area contributed by atoms with E-state index in [4.69, 9.17) is 11.6 Å². The van der Waals surface area contributed by atoms with Crippen molar-refractivity contribution in [2.75, 3.05) is 6.54 Å². The Kier molecular flexibility index (Phi) is 4.68. The highest BCUT2D eigenvalue weighted by Gasteiger charge is 2.16. The lowest BCUT2D eigenvalue weighted by molar-refractivity contribution is 0.0754. The molecule has 2 aromatic heterocycles. The molecular formula is C15H14ClN5OS. The Morgan fingerprint density at radius 1 is 1.26 bits per heavy atom. The number of thiophene rings is 1. The van der Waals surface area contributed by atoms with Crippen LogP contribution in [0.2, 0.25) is 4.34 Å². The molecule has 118 valence electrons. The second kappa shape index (κ2) is 6.89. The van der Waals surface area contributed by atoms with E-state index in [1.54, 1.807) is 17.0 Å². The van der Waals surface area contributed by atoms with Crippen molar-refractivity contribution in [3.63, 3.8) is 0 Å². The molecule has 0 spiro atoms. The maximum atomic E-state index is 12.6. The first-order chi connectivity index (χ1) is 11.2. The zero-order valence-electron chi connectivity index (χ0n) is 12.4. The molecule has 1 aromatic carbocycles. The fourth-order valence-electron chi connectivity index (χ4n) is 2.18. The van der Waals surface area contributed by atoms with Crippen LogP contribution >= 0.6 is 22.9 Å². The molecule has 0 aliphatic rings. The minimum absolute atomic E-state index is 0.0170. The molecular weight excluding hydrogens is 334 g/mol. The predicted octanol–water partition coefficient (Wildman–Crippen LogP) is 3.24. The molecule has 3 rings (SSSR count). The average Bonchev–Trinajstić information content (AvgIpc) is 3.24. The Hall–Kier alpha value is -2.25. The van der Waals surface area contributed by atoms with Gasteiger partial charge in [-0.3, -0.25) is 4.79 Å². The van der Waals surface area contributed by atoms with E-state index in [2.05, 4.69) is 20.6 Å². The van der Waals surface area contributed by atoms with Gasteiger partial charge in [0.2, 0.25) is 5.82 Å². The number of tetrazole rings is 1. The van der Waals surface area contributed by atoms with E-state index in [0.29, 0.717) is 24.5 Å². The standard InChI is InChI=1S/C15H14ClN5OS/c1-2-21(9-12-7-8-13(16)23-12)15(22)11-5-3-10(4-6-11)14-17-19-20-18-14/h3-8H,2,9H2,1H3,(H,17,18,19,20). The summed E-state index contributed by atoms with van der Waals surface area (Å²) in [4.78, 5) is 15.5. The summed E-state index contributed by atoms with van der Waals surface area (Å²) in [5, 5.41) is 13.8. The molecule has 0 unspecified atom stereocenters. The van der Waals surface area contributed by atoms with Gasteiger partial charge in [-0.05, 0) is 36.4 Å². The molecule has 2 heterocycles. The predicted molar refractivity (Wildman–Crippen MR) is 89.4 cm³/mol. The van der Waals surface area contributed by atoms with Gasteiger partial charge >= 0.3 is 0 Å². The smallest absolute Gasteiger partial charge is 0.254 e. The minimum Gasteiger partial charge on any atom is -0.334 e. The SMILES string of the molecule is CCN(Cc1ccc(Cl)s1)C(=O)c1ccc(-c2nn[nH]n2)cc1. The minimum atomic E-state index is -0.0170. The van der Waals surface area contributed by atoms with Crippen LogP contribution in [0.5, 0.6) is 0 Å². The third kappa shape index (κ3) is 3.57. The van der Waals surface area contributed by atoms with Gasteiger partial charge in [-0.25, -0.2) is 0 Å². The van der Waals surface area contributed by atoms with Crippen LogP contribution in [0.25, 0.3) is 11.4 Å². The number of halogens is 1. The van der Waals surface area contributed by atoms with Crippen LogP contribution in [0.4, 0.5) is 0 Å². The third-order valence-corrected chi connectivity index (χ3v) is 4.60. The number of carbonyl (C=O) groups excluding carboxylic acids is 1. The monoisotopic (exact) mass is 347 g/mol. The Bertz CT molecular complexity index is 785. The van der Waals surface area contributed by atoms with Gasteiger partial charge in [-0.2, -0.15) is 5.21 Å². The Morgan fingerprint density at radius 2 is 2.04 bits per heavy atom. The first kappa shape index (κ1) is 15.6. The van der Waals surface area contributed by atoms with Gasteiger partial charge in [0.05, 0.1) is 10.9 Å². The van der Waals surface area contributed by atoms with Crippen molar-refractivity contribution in [2.24, 2.45) is 0 Å². The molecule has 1 amide bonds. The van der Waals surface area contributed by atoms with Crippen molar-refractivity contribution in [3.8, 4) is 11.4 Å². The van der Waals surface area contributed by atoms with Gasteiger partial charge in [0.15, 0.2) is 0 Å². The Morgan fingerprint density at radius 3 is 2.61 bits per heavy atom. The summed E-state index contributed by atoms with van der Waals surface area (Å²) >= 11 is 7.43. The zero-order valence-corrected chi connectivity index (χ0v) is 13.9. The van der Waals surface area contributed by atoms with E-state index >= 15 is 0 Å². The Labute approximate surface area is 142 Å². The molecule has 0 saturated carbocycles. The lowest BCUT2D eigenvalue weighted by Gasteiger charge is -2.20. The van der Waals surface area contributed by atoms with E-state index in [1.807, 2.05) is 31.2 Å². The molecule has 0 aliphatic carbocycles. The fraction of sp³-hybridized carbons (Fsp3) is 0.200. The highest BCUT2D eigenvalue weighted by Crippen LogP contribution is 2.23. The van der Waals surface area contributed by atoms with E-state index < -0.39 is 0 Å². The third-order valence-electron chi connectivity index (χ3n) is 3.38. The molecule has 0 aliphatic heterocycles. The van der Waals surface area contributed by atoms with E-state index in [9.17, 15) is 4.79 Å². The quantitative estimate of drug-likeness (QED) is 0.768. The number of amides is 1. The number of carbonyl (C=O) groups is 1. The van der Waals surface area contributed by atoms with Crippen molar-refractivity contribution in [2.45, 2.75) is 13.5 Å². The van der Waals surface area contributed by atoms with Crippen molar-refractivity contribution < 1.29 is 4.79 Å². The van der Waals surface area contributed by atoms with Gasteiger partial charge in [-0.15, -0.1) is 21.5 Å². The highest BCUT2D eigenvalue weighted by atomic mass is 35.5. The largest absolute Gasteiger partial charge is 0.334 e. The summed E-state index contributed by atoms with van der Waals surface area (Å²) < 4.78 is 0.730. The summed E-state index contributed by atoms with van der Waals surface area (Å²) in [5.74, 6) is 0.487. The number of nitrogens with zero attached hydrogens (tertiary/aromatic N) is 4. The second-order valence-corrected chi connectivity index (χ2v) is 6.64. The van der Waals surface area contributed by atoms with Crippen LogP contribution in [-0.4, -0.2) is 38.0 Å². The second-order valence-electron chi connectivity index (χ2n) is 4.84. The van der Waals surface area contributed by atoms with E-state index in [1.165, 1.54) is 11.3 Å². The van der Waals surface area contributed by atoms with E-state index in [-0.39, 0.29) is 5.91 Å². The molecule has 0 saturated heterocycles. The molecule has 23 heavy (non-hydrogen) atoms. The molecule has 3 aromatic rings. The van der Waals surface area contributed by atoms with Crippen LogP contribution in [0.1, 0.15) is 22.2 Å². The van der Waals surface area contributed by atoms with Crippen LogP contribution in [-0.2, 0) is 6.54 Å². The van der Waals surface area contributed by atoms with Gasteiger partial charge in [0.1, 0.15) is 0 Å². The van der Waals surface area contributed by atoms with Crippen molar-refractivity contribution in [3.05, 3.63) is 51.2 Å². The highest BCUT2D eigenvalue weighted by molar-refractivity contribution is 7.16. The number of benzene rings is 1. The van der Waals surface area contributed by atoms with Gasteiger partial charge in [0, 0.05) is 22.5 Å². The van der Waals surface area contributed by atoms with Crippen molar-refractivity contribution in [1.29, 1.82) is 0 Å². The number of hydrogen-bond acceptors (Lipinski definition) is 5. The van der Waals surface area contributed by atoms with Crippen LogP contribution in [0, 0.1) is 0 Å².